The third-order valence-electron chi connectivity index (χ3n) is 9.45. The van der Waals surface area contributed by atoms with Gasteiger partial charge >= 0.3 is 18.0 Å². The molecule has 1 aromatic heterocycles. The van der Waals surface area contributed by atoms with Gasteiger partial charge in [0.05, 0.1) is 19.1 Å². The van der Waals surface area contributed by atoms with Crippen molar-refractivity contribution in [2.75, 3.05) is 32.0 Å². The molecule has 60 heavy (non-hydrogen) atoms. The van der Waals surface area contributed by atoms with Crippen molar-refractivity contribution in [2.45, 2.75) is 111 Å². The van der Waals surface area contributed by atoms with E-state index in [1.165, 1.54) is 4.90 Å². The number of alkyl carbamates (subject to hydrolysis) is 1. The number of halogens is 2. The highest BCUT2D eigenvalue weighted by Crippen LogP contribution is 2.41. The van der Waals surface area contributed by atoms with Crippen LogP contribution in [0, 0.1) is 17.0 Å². The van der Waals surface area contributed by atoms with Crippen LogP contribution in [0.15, 0.2) is 60.8 Å². The highest BCUT2D eigenvalue weighted by Gasteiger charge is 2.39. The van der Waals surface area contributed by atoms with E-state index in [0.717, 1.165) is 34.7 Å². The number of thiol groups is 1. The molecule has 3 amide bonds. The Hall–Kier alpha value is -4.70. The van der Waals surface area contributed by atoms with Crippen LogP contribution in [0.5, 0.6) is 0 Å². The standard InChI is InChI=1S/C44H62F2N4O8SSi/c1-43(2,3)40(35-24-31(33-25-32(45)16-17-34(33)46)27-48(35)26-30-14-11-10-12-15-30)49(21-13-20-47-42(56)57-22-23-60(7,8)9)38(52)28-50(36(29-59)41(54)55)37(51)18-19-39(53)58-44(4,5)6/h10-12,14-17,24-25,27,36,40,59H,13,18-23,26,28-29H2,1-9H3,(H,47,56)(H,54,55)/t36-,40-/m0/s1. The van der Waals surface area contributed by atoms with E-state index >= 15 is 4.39 Å². The Balaban J connectivity index is 2.13. The molecule has 2 aromatic carbocycles. The summed E-state index contributed by atoms with van der Waals surface area (Å²) in [6.45, 7) is 17.3. The first-order valence-corrected chi connectivity index (χ1v) is 24.5. The zero-order valence-corrected chi connectivity index (χ0v) is 38.2. The number of ether oxygens (including phenoxy) is 2. The lowest BCUT2D eigenvalue weighted by Crippen LogP contribution is -2.53. The van der Waals surface area contributed by atoms with E-state index in [9.17, 15) is 33.5 Å². The van der Waals surface area contributed by atoms with Gasteiger partial charge in [0.25, 0.3) is 0 Å². The van der Waals surface area contributed by atoms with E-state index in [4.69, 9.17) is 9.47 Å². The van der Waals surface area contributed by atoms with Crippen LogP contribution in [-0.2, 0) is 35.2 Å². The molecule has 0 bridgehead atoms. The van der Waals surface area contributed by atoms with Crippen molar-refractivity contribution >= 4 is 50.5 Å². The van der Waals surface area contributed by atoms with Gasteiger partial charge in [-0.3, -0.25) is 14.4 Å². The normalized spacial score (nSPS) is 12.9. The van der Waals surface area contributed by atoms with Crippen LogP contribution >= 0.6 is 12.6 Å². The molecule has 12 nitrogen and oxygen atoms in total. The topological polar surface area (TPSA) is 147 Å². The molecule has 1 heterocycles. The Labute approximate surface area is 359 Å². The Kier molecular flexibility index (Phi) is 18.0. The van der Waals surface area contributed by atoms with Gasteiger partial charge in [-0.2, -0.15) is 12.6 Å². The van der Waals surface area contributed by atoms with Gasteiger partial charge in [0.2, 0.25) is 11.8 Å². The second-order valence-electron chi connectivity index (χ2n) is 18.1. The molecule has 0 spiro atoms. The first-order chi connectivity index (χ1) is 27.9. The van der Waals surface area contributed by atoms with Crippen LogP contribution < -0.4 is 5.32 Å². The molecular formula is C44H62F2N4O8SSi. The fourth-order valence-corrected chi connectivity index (χ4v) is 7.68. The Morgan fingerprint density at radius 3 is 2.17 bits per heavy atom. The van der Waals surface area contributed by atoms with Crippen molar-refractivity contribution in [1.82, 2.24) is 19.7 Å². The van der Waals surface area contributed by atoms with Crippen molar-refractivity contribution in [3.63, 3.8) is 0 Å². The van der Waals surface area contributed by atoms with Crippen LogP contribution in [0.25, 0.3) is 11.1 Å². The summed E-state index contributed by atoms with van der Waals surface area (Å²) in [6.07, 6.45) is 0.563. The molecule has 0 unspecified atom stereocenters. The van der Waals surface area contributed by atoms with E-state index < -0.39 is 85.6 Å². The molecule has 0 saturated heterocycles. The lowest BCUT2D eigenvalue weighted by Gasteiger charge is -2.42. The number of nitrogens with zero attached hydrogens (tertiary/aromatic N) is 3. The second kappa shape index (κ2) is 21.7. The molecule has 0 radical (unpaired) electrons. The fraction of sp³-hybridized carbons (Fsp3) is 0.523. The number of rotatable bonds is 20. The minimum absolute atomic E-state index is 0.0188. The Morgan fingerprint density at radius 1 is 0.917 bits per heavy atom. The summed E-state index contributed by atoms with van der Waals surface area (Å²) in [7, 11) is -1.45. The Morgan fingerprint density at radius 2 is 1.58 bits per heavy atom. The number of benzene rings is 2. The van der Waals surface area contributed by atoms with Crippen LogP contribution in [0.3, 0.4) is 0 Å². The summed E-state index contributed by atoms with van der Waals surface area (Å²) in [4.78, 5) is 68.8. The van der Waals surface area contributed by atoms with E-state index in [0.29, 0.717) is 17.8 Å². The molecular weight excluding hydrogens is 811 g/mol. The quantitative estimate of drug-likeness (QED) is 0.0446. The Bertz CT molecular complexity index is 1940. The lowest BCUT2D eigenvalue weighted by molar-refractivity contribution is -0.157. The van der Waals surface area contributed by atoms with Crippen molar-refractivity contribution in [2.24, 2.45) is 5.41 Å². The molecule has 0 aliphatic carbocycles. The zero-order valence-electron chi connectivity index (χ0n) is 36.3. The van der Waals surface area contributed by atoms with Gasteiger partial charge in [-0.15, -0.1) is 0 Å². The third kappa shape index (κ3) is 15.7. The maximum atomic E-state index is 15.3. The number of amides is 3. The summed E-state index contributed by atoms with van der Waals surface area (Å²) in [5.41, 5.74) is 0.259. The fourth-order valence-electron chi connectivity index (χ4n) is 6.61. The minimum atomic E-state index is -1.52. The SMILES string of the molecule is CC(C)(C)OC(=O)CCC(=O)N(CC(=O)N(CCCNC(=O)OCC[Si](C)(C)C)[C@@H](c1cc(-c2cc(F)ccc2F)cn1Cc1ccccc1)C(C)(C)C)[C@@H](CS)C(=O)O. The van der Waals surface area contributed by atoms with Gasteiger partial charge < -0.3 is 34.3 Å². The zero-order chi connectivity index (χ0) is 45.0. The summed E-state index contributed by atoms with van der Waals surface area (Å²) in [5, 5.41) is 12.9. The molecule has 3 aromatic rings. The van der Waals surface area contributed by atoms with Gasteiger partial charge in [0, 0.05) is 62.9 Å². The number of esters is 1. The molecule has 0 aliphatic heterocycles. The first kappa shape index (κ1) is 49.7. The van der Waals surface area contributed by atoms with Crippen LogP contribution in [-0.4, -0.2) is 101 Å². The molecule has 2 atom stereocenters. The van der Waals surface area contributed by atoms with E-state index in [1.807, 2.05) is 55.7 Å². The van der Waals surface area contributed by atoms with Gasteiger partial charge in [-0.25, -0.2) is 18.4 Å². The lowest BCUT2D eigenvalue weighted by atomic mass is 9.82. The molecule has 16 heteroatoms. The predicted molar refractivity (Wildman–Crippen MR) is 233 cm³/mol. The summed E-state index contributed by atoms with van der Waals surface area (Å²) in [6, 6.07) is 12.8. The maximum Gasteiger partial charge on any atom is 0.407 e. The highest BCUT2D eigenvalue weighted by atomic mass is 32.1. The number of carboxylic acids is 1. The van der Waals surface area contributed by atoms with Gasteiger partial charge in [0.15, 0.2) is 0 Å². The number of aliphatic carboxylic acids is 1. The molecule has 2 N–H and O–H groups in total. The smallest absolute Gasteiger partial charge is 0.407 e. The van der Waals surface area contributed by atoms with E-state index in [-0.39, 0.29) is 43.9 Å². The van der Waals surface area contributed by atoms with Gasteiger partial charge in [-0.05, 0) is 68.5 Å². The highest BCUT2D eigenvalue weighted by molar-refractivity contribution is 7.80. The van der Waals surface area contributed by atoms with Crippen molar-refractivity contribution in [1.29, 1.82) is 0 Å². The number of carbonyl (C=O) groups is 5. The molecule has 3 rings (SSSR count). The number of carboxylic acid groups (broad SMARTS) is 1. The van der Waals surface area contributed by atoms with E-state index in [2.05, 4.69) is 37.6 Å². The summed E-state index contributed by atoms with van der Waals surface area (Å²) >= 11 is 4.21. The monoisotopic (exact) mass is 872 g/mol. The van der Waals surface area contributed by atoms with Crippen LogP contribution in [0.4, 0.5) is 13.6 Å². The number of hydrogen-bond donors (Lipinski definition) is 3. The van der Waals surface area contributed by atoms with Gasteiger partial charge in [-0.1, -0.05) is 70.7 Å². The molecule has 330 valence electrons. The third-order valence-corrected chi connectivity index (χ3v) is 11.5. The van der Waals surface area contributed by atoms with Crippen molar-refractivity contribution in [3.05, 3.63) is 83.7 Å². The van der Waals surface area contributed by atoms with Gasteiger partial charge in [0.1, 0.15) is 29.8 Å². The molecule has 0 aliphatic rings. The largest absolute Gasteiger partial charge is 0.480 e. The molecule has 0 saturated carbocycles. The average molecular weight is 873 g/mol. The summed E-state index contributed by atoms with van der Waals surface area (Å²) < 4.78 is 42.5. The molecule has 0 fully saturated rings. The number of aromatic nitrogens is 1. The average Bonchev–Trinajstić information content (AvgIpc) is 3.53. The van der Waals surface area contributed by atoms with Crippen molar-refractivity contribution < 1.29 is 47.3 Å². The van der Waals surface area contributed by atoms with Crippen LogP contribution in [0.2, 0.25) is 25.7 Å². The predicted octanol–water partition coefficient (Wildman–Crippen LogP) is 8.19. The second-order valence-corrected chi connectivity index (χ2v) is 24.1. The maximum absolute atomic E-state index is 15.3. The minimum Gasteiger partial charge on any atom is -0.480 e. The van der Waals surface area contributed by atoms with Crippen LogP contribution in [0.1, 0.15) is 78.1 Å². The number of hydrogen-bond acceptors (Lipinski definition) is 8. The first-order valence-electron chi connectivity index (χ1n) is 20.1. The number of carbonyl (C=O) groups excluding carboxylic acids is 4. The number of nitrogens with one attached hydrogen (secondary N) is 1. The van der Waals surface area contributed by atoms with Crippen molar-refractivity contribution in [3.8, 4) is 11.1 Å². The van der Waals surface area contributed by atoms with E-state index in [1.54, 1.807) is 33.0 Å². The summed E-state index contributed by atoms with van der Waals surface area (Å²) in [5.74, 6) is -5.04.